The lowest BCUT2D eigenvalue weighted by atomic mass is 10.1. The molecule has 8 heteroatoms. The summed E-state index contributed by atoms with van der Waals surface area (Å²) in [5, 5.41) is 5.79. The van der Waals surface area contributed by atoms with E-state index in [4.69, 9.17) is 0 Å². The fourth-order valence-corrected chi connectivity index (χ4v) is 3.86. The third-order valence-electron chi connectivity index (χ3n) is 5.66. The molecular weight excluding hydrogens is 382 g/mol. The van der Waals surface area contributed by atoms with Gasteiger partial charge in [0, 0.05) is 18.8 Å². The van der Waals surface area contributed by atoms with Gasteiger partial charge in [0.25, 0.3) is 11.8 Å². The van der Waals surface area contributed by atoms with Gasteiger partial charge in [-0.05, 0) is 38.8 Å². The number of nitrogens with one attached hydrogen (secondary N) is 4. The number of amides is 3. The molecule has 30 heavy (non-hydrogen) atoms. The van der Waals surface area contributed by atoms with Crippen LogP contribution in [0.5, 0.6) is 0 Å². The van der Waals surface area contributed by atoms with Gasteiger partial charge in [-0.25, -0.2) is 0 Å². The van der Waals surface area contributed by atoms with Crippen LogP contribution in [0.15, 0.2) is 18.2 Å². The van der Waals surface area contributed by atoms with Crippen LogP contribution in [-0.4, -0.2) is 81.5 Å². The minimum Gasteiger partial charge on any atom is -0.355 e. The summed E-state index contributed by atoms with van der Waals surface area (Å²) < 4.78 is 0. The van der Waals surface area contributed by atoms with Gasteiger partial charge in [0.05, 0.1) is 6.54 Å². The predicted molar refractivity (Wildman–Crippen MR) is 117 cm³/mol. The Morgan fingerprint density at radius 2 is 1.50 bits per heavy atom. The number of hydrogen-bond donors (Lipinski definition) is 4. The van der Waals surface area contributed by atoms with Gasteiger partial charge in [0.2, 0.25) is 5.91 Å². The van der Waals surface area contributed by atoms with E-state index in [1.54, 1.807) is 4.90 Å². The van der Waals surface area contributed by atoms with E-state index in [0.29, 0.717) is 26.2 Å². The molecule has 1 aromatic carbocycles. The Kier molecular flexibility index (Phi) is 9.26. The summed E-state index contributed by atoms with van der Waals surface area (Å²) in [6.07, 6.45) is 0. The van der Waals surface area contributed by atoms with Crippen LogP contribution in [0.2, 0.25) is 0 Å². The Balaban J connectivity index is 1.77. The molecule has 0 spiro atoms. The molecule has 0 aliphatic carbocycles. The van der Waals surface area contributed by atoms with Crippen LogP contribution < -0.4 is 20.4 Å². The van der Waals surface area contributed by atoms with E-state index in [0.717, 1.165) is 43.0 Å². The first-order valence-electron chi connectivity index (χ1n) is 10.9. The highest BCUT2D eigenvalue weighted by molar-refractivity contribution is 5.93. The molecule has 3 amide bonds. The molecule has 1 aliphatic rings. The zero-order valence-corrected chi connectivity index (χ0v) is 18.8. The smallest absolute Gasteiger partial charge is 0.279 e. The Bertz CT molecular complexity index is 724. The average Bonchev–Trinajstić information content (AvgIpc) is 2.70. The van der Waals surface area contributed by atoms with Crippen molar-refractivity contribution in [1.29, 1.82) is 0 Å². The highest BCUT2D eigenvalue weighted by atomic mass is 16.2. The van der Waals surface area contributed by atoms with E-state index in [2.05, 4.69) is 10.6 Å². The largest absolute Gasteiger partial charge is 0.355 e. The van der Waals surface area contributed by atoms with Gasteiger partial charge in [0.1, 0.15) is 26.2 Å². The first-order chi connectivity index (χ1) is 14.3. The molecule has 8 nitrogen and oxygen atoms in total. The van der Waals surface area contributed by atoms with Crippen molar-refractivity contribution < 1.29 is 24.2 Å². The summed E-state index contributed by atoms with van der Waals surface area (Å²) in [6, 6.07) is 5.99. The van der Waals surface area contributed by atoms with Crippen molar-refractivity contribution in [3.8, 4) is 0 Å². The fourth-order valence-electron chi connectivity index (χ4n) is 3.86. The SMILES string of the molecule is CCNC(=O)CN(CC)C(=O)C[NH+]1CC[NH+](CC(=O)Nc2c(C)cccc2C)CC1. The molecule has 1 aliphatic heterocycles. The molecule has 0 radical (unpaired) electrons. The third kappa shape index (κ3) is 7.11. The molecule has 0 aromatic heterocycles. The lowest BCUT2D eigenvalue weighted by Gasteiger charge is -2.30. The maximum atomic E-state index is 12.6. The topological polar surface area (TPSA) is 87.4 Å². The summed E-state index contributed by atoms with van der Waals surface area (Å²) >= 11 is 0. The Labute approximate surface area is 179 Å². The van der Waals surface area contributed by atoms with Crippen LogP contribution >= 0.6 is 0 Å². The zero-order chi connectivity index (χ0) is 22.1. The zero-order valence-electron chi connectivity index (χ0n) is 18.8. The standard InChI is InChI=1S/C22H35N5O3/c1-5-23-19(28)15-27(6-2)21(30)16-26-12-10-25(11-13-26)14-20(29)24-22-17(3)8-7-9-18(22)4/h7-9H,5-6,10-16H2,1-4H3,(H,23,28)(H,24,29)/p+2. The molecule has 2 rings (SSSR count). The van der Waals surface area contributed by atoms with Crippen LogP contribution in [0.4, 0.5) is 5.69 Å². The van der Waals surface area contributed by atoms with E-state index in [1.165, 1.54) is 9.80 Å². The monoisotopic (exact) mass is 419 g/mol. The molecule has 4 N–H and O–H groups in total. The van der Waals surface area contributed by atoms with Crippen LogP contribution in [0, 0.1) is 13.8 Å². The first-order valence-corrected chi connectivity index (χ1v) is 10.9. The molecule has 1 heterocycles. The van der Waals surface area contributed by atoms with Gasteiger partial charge < -0.3 is 25.3 Å². The second-order valence-corrected chi connectivity index (χ2v) is 8.03. The first kappa shape index (κ1) is 23.8. The highest BCUT2D eigenvalue weighted by Crippen LogP contribution is 2.18. The second-order valence-electron chi connectivity index (χ2n) is 8.03. The molecule has 0 saturated carbocycles. The number of carbonyl (C=O) groups is 3. The van der Waals surface area contributed by atoms with E-state index >= 15 is 0 Å². The molecule has 1 aromatic rings. The number of piperazine rings is 1. The van der Waals surface area contributed by atoms with Crippen molar-refractivity contribution in [1.82, 2.24) is 10.2 Å². The summed E-state index contributed by atoms with van der Waals surface area (Å²) in [5.74, 6) is -0.0807. The summed E-state index contributed by atoms with van der Waals surface area (Å²) in [7, 11) is 0. The molecule has 166 valence electrons. The number of nitrogens with zero attached hydrogens (tertiary/aromatic N) is 1. The number of anilines is 1. The summed E-state index contributed by atoms with van der Waals surface area (Å²) in [4.78, 5) is 40.9. The maximum Gasteiger partial charge on any atom is 0.279 e. The Hall–Kier alpha value is -2.45. The van der Waals surface area contributed by atoms with Gasteiger partial charge in [0.15, 0.2) is 13.1 Å². The number of benzene rings is 1. The van der Waals surface area contributed by atoms with E-state index in [-0.39, 0.29) is 24.3 Å². The van der Waals surface area contributed by atoms with Crippen molar-refractivity contribution in [2.24, 2.45) is 0 Å². The lowest BCUT2D eigenvalue weighted by molar-refractivity contribution is -1.00. The van der Waals surface area contributed by atoms with Gasteiger partial charge >= 0.3 is 0 Å². The molecule has 0 bridgehead atoms. The normalized spacial score (nSPS) is 18.5. The molecule has 1 fully saturated rings. The number of rotatable bonds is 9. The van der Waals surface area contributed by atoms with Gasteiger partial charge in [-0.2, -0.15) is 0 Å². The van der Waals surface area contributed by atoms with Crippen molar-refractivity contribution in [2.45, 2.75) is 27.7 Å². The number of para-hydroxylation sites is 1. The van der Waals surface area contributed by atoms with Crippen molar-refractivity contribution in [3.63, 3.8) is 0 Å². The Morgan fingerprint density at radius 3 is 2.03 bits per heavy atom. The number of quaternary nitrogens is 2. The molecule has 0 atom stereocenters. The lowest BCUT2D eigenvalue weighted by Crippen LogP contribution is -3.28. The predicted octanol–water partition coefficient (Wildman–Crippen LogP) is -1.99. The van der Waals surface area contributed by atoms with Crippen LogP contribution in [-0.2, 0) is 14.4 Å². The third-order valence-corrected chi connectivity index (χ3v) is 5.66. The summed E-state index contributed by atoms with van der Waals surface area (Å²) in [6.45, 7) is 13.2. The fraction of sp³-hybridized carbons (Fsp3) is 0.591. The maximum absolute atomic E-state index is 12.6. The number of hydrogen-bond acceptors (Lipinski definition) is 3. The summed E-state index contributed by atoms with van der Waals surface area (Å²) in [5.41, 5.74) is 3.04. The van der Waals surface area contributed by atoms with Crippen molar-refractivity contribution in [2.75, 3.05) is 64.2 Å². The second kappa shape index (κ2) is 11.7. The molecule has 0 unspecified atom stereocenters. The van der Waals surface area contributed by atoms with Crippen LogP contribution in [0.1, 0.15) is 25.0 Å². The number of aryl methyl sites for hydroxylation is 2. The van der Waals surface area contributed by atoms with E-state index < -0.39 is 0 Å². The average molecular weight is 420 g/mol. The van der Waals surface area contributed by atoms with Crippen LogP contribution in [0.3, 0.4) is 0 Å². The number of likely N-dealkylation sites (N-methyl/N-ethyl adjacent to an activating group) is 2. The Morgan fingerprint density at radius 1 is 0.933 bits per heavy atom. The van der Waals surface area contributed by atoms with Crippen molar-refractivity contribution in [3.05, 3.63) is 29.3 Å². The van der Waals surface area contributed by atoms with E-state index in [9.17, 15) is 14.4 Å². The number of carbonyl (C=O) groups excluding carboxylic acids is 3. The molecule has 1 saturated heterocycles. The highest BCUT2D eigenvalue weighted by Gasteiger charge is 2.28. The quantitative estimate of drug-likeness (QED) is 0.374. The van der Waals surface area contributed by atoms with Gasteiger partial charge in [-0.15, -0.1) is 0 Å². The van der Waals surface area contributed by atoms with Gasteiger partial charge in [-0.3, -0.25) is 14.4 Å². The van der Waals surface area contributed by atoms with Gasteiger partial charge in [-0.1, -0.05) is 18.2 Å². The van der Waals surface area contributed by atoms with Crippen LogP contribution in [0.25, 0.3) is 0 Å². The van der Waals surface area contributed by atoms with E-state index in [1.807, 2.05) is 45.9 Å². The minimum absolute atomic E-state index is 0.00924. The molecular formula is C22H37N5O3+2. The minimum atomic E-state index is -0.119. The van der Waals surface area contributed by atoms with Crippen molar-refractivity contribution >= 4 is 23.4 Å².